The van der Waals surface area contributed by atoms with Crippen molar-refractivity contribution in [3.05, 3.63) is 81.5 Å². The molecule has 1 unspecified atom stereocenters. The minimum absolute atomic E-state index is 0.220. The molecule has 0 radical (unpaired) electrons. The van der Waals surface area contributed by atoms with Gasteiger partial charge >= 0.3 is 5.97 Å². The molecule has 3 aromatic rings. The molecule has 2 aromatic carbocycles. The summed E-state index contributed by atoms with van der Waals surface area (Å²) in [6.45, 7) is 4.56. The Labute approximate surface area is 186 Å². The molecule has 0 N–H and O–H groups in total. The van der Waals surface area contributed by atoms with E-state index < -0.39 is 6.10 Å². The lowest BCUT2D eigenvalue weighted by molar-refractivity contribution is -0.143. The van der Waals surface area contributed by atoms with Crippen molar-refractivity contribution in [2.24, 2.45) is 0 Å². The number of aryl methyl sites for hydroxylation is 1. The molecule has 5 nitrogen and oxygen atoms in total. The van der Waals surface area contributed by atoms with Crippen molar-refractivity contribution in [2.75, 3.05) is 6.61 Å². The molecule has 1 heterocycles. The van der Waals surface area contributed by atoms with Crippen LogP contribution in [-0.4, -0.2) is 18.9 Å². The fraction of sp³-hybridized carbons (Fsp3) is 0.280. The van der Waals surface area contributed by atoms with Crippen molar-refractivity contribution in [1.29, 1.82) is 0 Å². The molecular formula is C25H26O5S. The second-order valence-corrected chi connectivity index (χ2v) is 7.82. The van der Waals surface area contributed by atoms with Crippen molar-refractivity contribution in [3.63, 3.8) is 0 Å². The number of hydrogen-bond donors (Lipinski definition) is 0. The monoisotopic (exact) mass is 438 g/mol. The first-order valence-electron chi connectivity index (χ1n) is 10.2. The van der Waals surface area contributed by atoms with Crippen molar-refractivity contribution in [3.8, 4) is 11.5 Å². The van der Waals surface area contributed by atoms with E-state index in [1.807, 2.05) is 48.0 Å². The number of aldehydes is 1. The lowest BCUT2D eigenvalue weighted by Gasteiger charge is -2.22. The van der Waals surface area contributed by atoms with E-state index in [-0.39, 0.29) is 12.4 Å². The van der Waals surface area contributed by atoms with Gasteiger partial charge in [0.2, 0.25) is 0 Å². The van der Waals surface area contributed by atoms with Gasteiger partial charge in [0.05, 0.1) is 12.2 Å². The first kappa shape index (κ1) is 22.6. The first-order valence-corrected chi connectivity index (χ1v) is 11.2. The third-order valence-corrected chi connectivity index (χ3v) is 5.55. The van der Waals surface area contributed by atoms with Gasteiger partial charge in [0.1, 0.15) is 24.2 Å². The first-order chi connectivity index (χ1) is 15.1. The number of carbonyl (C=O) groups is 2. The number of benzene rings is 2. The van der Waals surface area contributed by atoms with E-state index >= 15 is 0 Å². The highest BCUT2D eigenvalue weighted by Gasteiger charge is 2.20. The van der Waals surface area contributed by atoms with E-state index in [9.17, 15) is 9.59 Å². The highest BCUT2D eigenvalue weighted by Crippen LogP contribution is 2.32. The van der Waals surface area contributed by atoms with Crippen LogP contribution < -0.4 is 9.47 Å². The fourth-order valence-corrected chi connectivity index (χ4v) is 3.86. The van der Waals surface area contributed by atoms with E-state index in [4.69, 9.17) is 14.2 Å². The van der Waals surface area contributed by atoms with Gasteiger partial charge in [0.15, 0.2) is 6.29 Å². The van der Waals surface area contributed by atoms with Gasteiger partial charge in [-0.05, 0) is 65.9 Å². The summed E-state index contributed by atoms with van der Waals surface area (Å²) in [5.74, 6) is 0.767. The lowest BCUT2D eigenvalue weighted by Crippen LogP contribution is -2.14. The van der Waals surface area contributed by atoms with Crippen LogP contribution in [0.3, 0.4) is 0 Å². The Morgan fingerprint density at radius 2 is 2.00 bits per heavy atom. The van der Waals surface area contributed by atoms with Gasteiger partial charge < -0.3 is 14.2 Å². The molecule has 162 valence electrons. The van der Waals surface area contributed by atoms with Crippen LogP contribution >= 0.6 is 11.3 Å². The minimum Gasteiger partial charge on any atom is -0.489 e. The number of ether oxygens (including phenoxy) is 3. The number of esters is 1. The second kappa shape index (κ2) is 11.3. The van der Waals surface area contributed by atoms with Gasteiger partial charge in [-0.15, -0.1) is 0 Å². The summed E-state index contributed by atoms with van der Waals surface area (Å²) in [7, 11) is 0. The lowest BCUT2D eigenvalue weighted by atomic mass is 9.99. The van der Waals surface area contributed by atoms with Crippen molar-refractivity contribution in [2.45, 2.75) is 39.4 Å². The van der Waals surface area contributed by atoms with Crippen LogP contribution in [0.4, 0.5) is 0 Å². The molecule has 0 saturated heterocycles. The smallest absolute Gasteiger partial charge is 0.305 e. The predicted octanol–water partition coefficient (Wildman–Crippen LogP) is 5.91. The standard InChI is InChI=1S/C25H26O5S/c1-3-28-25(27)11-10-23(22-7-5-4-6-18(22)2)30-24-14-21(9-8-20(24)15-26)29-16-19-12-13-31-17-19/h4-9,12-15,17,23H,3,10-11,16H2,1-2H3. The molecule has 0 aliphatic rings. The van der Waals surface area contributed by atoms with Crippen LogP contribution in [0.5, 0.6) is 11.5 Å². The summed E-state index contributed by atoms with van der Waals surface area (Å²) in [6.07, 6.45) is 1.01. The van der Waals surface area contributed by atoms with Crippen LogP contribution in [0, 0.1) is 6.92 Å². The molecule has 3 rings (SSSR count). The van der Waals surface area contributed by atoms with Crippen molar-refractivity contribution >= 4 is 23.6 Å². The molecule has 0 aliphatic heterocycles. The van der Waals surface area contributed by atoms with E-state index in [1.54, 1.807) is 36.5 Å². The Hall–Kier alpha value is -3.12. The molecule has 0 fully saturated rings. The number of thiophene rings is 1. The maximum absolute atomic E-state index is 11.9. The van der Waals surface area contributed by atoms with E-state index in [1.165, 1.54) is 0 Å². The van der Waals surface area contributed by atoms with Gasteiger partial charge in [-0.2, -0.15) is 11.3 Å². The van der Waals surface area contributed by atoms with E-state index in [0.29, 0.717) is 36.7 Å². The molecule has 0 aliphatic carbocycles. The zero-order chi connectivity index (χ0) is 22.1. The summed E-state index contributed by atoms with van der Waals surface area (Å²) in [6, 6.07) is 15.0. The summed E-state index contributed by atoms with van der Waals surface area (Å²) in [4.78, 5) is 23.6. The van der Waals surface area contributed by atoms with Gasteiger partial charge in [0.25, 0.3) is 0 Å². The van der Waals surface area contributed by atoms with Crippen LogP contribution in [-0.2, 0) is 16.1 Å². The topological polar surface area (TPSA) is 61.8 Å². The van der Waals surface area contributed by atoms with Crippen LogP contribution in [0.2, 0.25) is 0 Å². The van der Waals surface area contributed by atoms with Gasteiger partial charge in [-0.3, -0.25) is 9.59 Å². The molecule has 0 spiro atoms. The summed E-state index contributed by atoms with van der Waals surface area (Å²) in [5.41, 5.74) is 3.53. The third kappa shape index (κ3) is 6.43. The van der Waals surface area contributed by atoms with Crippen LogP contribution in [0.1, 0.15) is 52.9 Å². The molecule has 0 amide bonds. The SMILES string of the molecule is CCOC(=O)CCC(Oc1cc(OCc2ccsc2)ccc1C=O)c1ccccc1C. The maximum atomic E-state index is 11.9. The molecule has 1 aromatic heterocycles. The molecule has 0 bridgehead atoms. The Balaban J connectivity index is 1.82. The summed E-state index contributed by atoms with van der Waals surface area (Å²) >= 11 is 1.61. The molecule has 0 saturated carbocycles. The fourth-order valence-electron chi connectivity index (χ4n) is 3.21. The third-order valence-electron chi connectivity index (χ3n) is 4.82. The largest absolute Gasteiger partial charge is 0.489 e. The van der Waals surface area contributed by atoms with E-state index in [2.05, 4.69) is 0 Å². The summed E-state index contributed by atoms with van der Waals surface area (Å²) in [5, 5.41) is 4.03. The van der Waals surface area contributed by atoms with Crippen molar-refractivity contribution < 1.29 is 23.8 Å². The molecule has 1 atom stereocenters. The second-order valence-electron chi connectivity index (χ2n) is 7.04. The predicted molar refractivity (Wildman–Crippen MR) is 121 cm³/mol. The quantitative estimate of drug-likeness (QED) is 0.275. The summed E-state index contributed by atoms with van der Waals surface area (Å²) < 4.78 is 17.2. The van der Waals surface area contributed by atoms with Crippen molar-refractivity contribution in [1.82, 2.24) is 0 Å². The zero-order valence-corrected chi connectivity index (χ0v) is 18.5. The molecule has 31 heavy (non-hydrogen) atoms. The minimum atomic E-state index is -0.406. The average Bonchev–Trinajstić information content (AvgIpc) is 3.30. The zero-order valence-electron chi connectivity index (χ0n) is 17.7. The number of carbonyl (C=O) groups excluding carboxylic acids is 2. The van der Waals surface area contributed by atoms with Gasteiger partial charge in [0, 0.05) is 12.5 Å². The van der Waals surface area contributed by atoms with Crippen LogP contribution in [0.15, 0.2) is 59.3 Å². The highest BCUT2D eigenvalue weighted by molar-refractivity contribution is 7.07. The van der Waals surface area contributed by atoms with E-state index in [0.717, 1.165) is 23.0 Å². The number of rotatable bonds is 11. The highest BCUT2D eigenvalue weighted by atomic mass is 32.1. The number of hydrogen-bond acceptors (Lipinski definition) is 6. The molecule has 6 heteroatoms. The normalized spacial score (nSPS) is 11.5. The Morgan fingerprint density at radius 3 is 2.71 bits per heavy atom. The molecular weight excluding hydrogens is 412 g/mol. The van der Waals surface area contributed by atoms with Gasteiger partial charge in [-0.25, -0.2) is 0 Å². The average molecular weight is 439 g/mol. The maximum Gasteiger partial charge on any atom is 0.305 e. The van der Waals surface area contributed by atoms with Crippen LogP contribution in [0.25, 0.3) is 0 Å². The Morgan fingerprint density at radius 1 is 1.16 bits per heavy atom. The van der Waals surface area contributed by atoms with Gasteiger partial charge in [-0.1, -0.05) is 24.3 Å². The Kier molecular flexibility index (Phi) is 8.24. The Bertz CT molecular complexity index is 997.